The first-order chi connectivity index (χ1) is 8.54. The molecule has 96 valence electrons. The maximum Gasteiger partial charge on any atom is 0.310 e. The summed E-state index contributed by atoms with van der Waals surface area (Å²) < 4.78 is 5.03. The van der Waals surface area contributed by atoms with Crippen molar-refractivity contribution < 1.29 is 9.53 Å². The second-order valence-corrected chi connectivity index (χ2v) is 5.34. The highest BCUT2D eigenvalue weighted by atomic mass is 16.5. The van der Waals surface area contributed by atoms with Gasteiger partial charge in [0.2, 0.25) is 0 Å². The van der Waals surface area contributed by atoms with Crippen LogP contribution in [-0.2, 0) is 14.9 Å². The van der Waals surface area contributed by atoms with Crippen molar-refractivity contribution in [2.24, 2.45) is 0 Å². The number of esters is 1. The molecule has 1 aromatic rings. The topological polar surface area (TPSA) is 26.3 Å². The van der Waals surface area contributed by atoms with Gasteiger partial charge in [-0.3, -0.25) is 4.79 Å². The third-order valence-electron chi connectivity index (χ3n) is 3.50. The number of fused-ring (bicyclic) bond motifs is 1. The van der Waals surface area contributed by atoms with Crippen LogP contribution in [-0.4, -0.2) is 12.6 Å². The van der Waals surface area contributed by atoms with Crippen LogP contribution in [0.4, 0.5) is 0 Å². The summed E-state index contributed by atoms with van der Waals surface area (Å²) in [6.07, 6.45) is 3.53. The summed E-state index contributed by atoms with van der Waals surface area (Å²) in [7, 11) is 0. The summed E-state index contributed by atoms with van der Waals surface area (Å²) in [4.78, 5) is 11.6. The number of hydrogen-bond acceptors (Lipinski definition) is 2. The van der Waals surface area contributed by atoms with Gasteiger partial charge < -0.3 is 4.74 Å². The second-order valence-electron chi connectivity index (χ2n) is 5.34. The largest absolute Gasteiger partial charge is 0.466 e. The Morgan fingerprint density at radius 3 is 2.78 bits per heavy atom. The van der Waals surface area contributed by atoms with E-state index < -0.39 is 0 Å². The van der Waals surface area contributed by atoms with E-state index in [1.54, 1.807) is 0 Å². The van der Waals surface area contributed by atoms with Crippen molar-refractivity contribution in [1.82, 2.24) is 0 Å². The minimum atomic E-state index is -0.141. The number of ether oxygens (including phenoxy) is 1. The number of rotatable bonds is 3. The highest BCUT2D eigenvalue weighted by Gasteiger charge is 2.28. The minimum Gasteiger partial charge on any atom is -0.466 e. The van der Waals surface area contributed by atoms with Crippen molar-refractivity contribution in [3.63, 3.8) is 0 Å². The Balaban J connectivity index is 2.30. The Morgan fingerprint density at radius 2 is 2.06 bits per heavy atom. The summed E-state index contributed by atoms with van der Waals surface area (Å²) in [6, 6.07) is 8.35. The molecule has 2 nitrogen and oxygen atoms in total. The first-order valence-electron chi connectivity index (χ1n) is 6.49. The molecule has 0 saturated carbocycles. The minimum absolute atomic E-state index is 0.141. The first-order valence-corrected chi connectivity index (χ1v) is 6.49. The van der Waals surface area contributed by atoms with E-state index in [9.17, 15) is 4.79 Å². The molecule has 1 aliphatic carbocycles. The molecule has 18 heavy (non-hydrogen) atoms. The van der Waals surface area contributed by atoms with E-state index in [-0.39, 0.29) is 11.4 Å². The van der Waals surface area contributed by atoms with E-state index in [1.165, 1.54) is 11.1 Å². The fourth-order valence-corrected chi connectivity index (χ4v) is 2.49. The SMILES string of the molecule is CCOC(=O)CC1=CCC(C)(C)c2ccccc21. The van der Waals surface area contributed by atoms with Gasteiger partial charge in [-0.05, 0) is 35.5 Å². The van der Waals surface area contributed by atoms with E-state index in [2.05, 4.69) is 38.1 Å². The Morgan fingerprint density at radius 1 is 1.33 bits per heavy atom. The maximum absolute atomic E-state index is 11.6. The van der Waals surface area contributed by atoms with Crippen molar-refractivity contribution in [1.29, 1.82) is 0 Å². The van der Waals surface area contributed by atoms with Crippen molar-refractivity contribution >= 4 is 11.5 Å². The van der Waals surface area contributed by atoms with Gasteiger partial charge in [-0.15, -0.1) is 0 Å². The molecule has 2 heteroatoms. The first kappa shape index (κ1) is 12.9. The third-order valence-corrected chi connectivity index (χ3v) is 3.50. The predicted octanol–water partition coefficient (Wildman–Crippen LogP) is 3.70. The van der Waals surface area contributed by atoms with Crippen LogP contribution in [0.1, 0.15) is 44.7 Å². The Kier molecular flexibility index (Phi) is 3.55. The maximum atomic E-state index is 11.6. The van der Waals surface area contributed by atoms with E-state index in [4.69, 9.17) is 4.74 Å². The molecule has 2 rings (SSSR count). The molecule has 0 radical (unpaired) electrons. The van der Waals surface area contributed by atoms with Gasteiger partial charge in [-0.25, -0.2) is 0 Å². The zero-order chi connectivity index (χ0) is 13.2. The Labute approximate surface area is 109 Å². The van der Waals surface area contributed by atoms with Gasteiger partial charge in [0.15, 0.2) is 0 Å². The Bertz CT molecular complexity index is 484. The third kappa shape index (κ3) is 2.47. The van der Waals surface area contributed by atoms with Gasteiger partial charge in [0.25, 0.3) is 0 Å². The number of carbonyl (C=O) groups is 1. The zero-order valence-corrected chi connectivity index (χ0v) is 11.3. The van der Waals surface area contributed by atoms with Gasteiger partial charge in [0.05, 0.1) is 13.0 Å². The number of benzene rings is 1. The summed E-state index contributed by atoms with van der Waals surface area (Å²) >= 11 is 0. The van der Waals surface area contributed by atoms with Crippen molar-refractivity contribution in [3.05, 3.63) is 41.5 Å². The molecular weight excluding hydrogens is 224 g/mol. The predicted molar refractivity (Wildman–Crippen MR) is 73.3 cm³/mol. The zero-order valence-electron chi connectivity index (χ0n) is 11.3. The van der Waals surface area contributed by atoms with Crippen LogP contribution in [0.3, 0.4) is 0 Å². The van der Waals surface area contributed by atoms with Crippen molar-refractivity contribution in [2.45, 2.75) is 39.0 Å². The highest BCUT2D eigenvalue weighted by Crippen LogP contribution is 2.39. The summed E-state index contributed by atoms with van der Waals surface area (Å²) in [6.45, 7) is 6.76. The summed E-state index contributed by atoms with van der Waals surface area (Å²) in [5.41, 5.74) is 3.77. The number of allylic oxidation sites excluding steroid dienone is 1. The van der Waals surface area contributed by atoms with Crippen LogP contribution in [0.2, 0.25) is 0 Å². The molecule has 0 heterocycles. The molecule has 0 bridgehead atoms. The van der Waals surface area contributed by atoms with E-state index >= 15 is 0 Å². The van der Waals surface area contributed by atoms with Crippen LogP contribution < -0.4 is 0 Å². The average molecular weight is 244 g/mol. The smallest absolute Gasteiger partial charge is 0.310 e. The number of carbonyl (C=O) groups excluding carboxylic acids is 1. The lowest BCUT2D eigenvalue weighted by Crippen LogP contribution is -2.22. The molecule has 0 spiro atoms. The van der Waals surface area contributed by atoms with Gasteiger partial charge in [0, 0.05) is 0 Å². The van der Waals surface area contributed by atoms with Gasteiger partial charge >= 0.3 is 5.97 Å². The summed E-state index contributed by atoms with van der Waals surface area (Å²) in [5, 5.41) is 0. The molecule has 0 fully saturated rings. The lowest BCUT2D eigenvalue weighted by atomic mass is 9.73. The van der Waals surface area contributed by atoms with Gasteiger partial charge in [-0.2, -0.15) is 0 Å². The molecule has 0 N–H and O–H groups in total. The second kappa shape index (κ2) is 4.97. The highest BCUT2D eigenvalue weighted by molar-refractivity contribution is 5.87. The van der Waals surface area contributed by atoms with Crippen LogP contribution in [0, 0.1) is 0 Å². The van der Waals surface area contributed by atoms with Gasteiger partial charge in [-0.1, -0.05) is 44.2 Å². The van der Waals surface area contributed by atoms with Crippen LogP contribution in [0.15, 0.2) is 30.3 Å². The molecule has 0 aliphatic heterocycles. The standard InChI is InChI=1S/C16H20O2/c1-4-18-15(17)11-12-9-10-16(2,3)14-8-6-5-7-13(12)14/h5-9H,4,10-11H2,1-3H3. The molecule has 0 atom stereocenters. The molecular formula is C16H20O2. The number of hydrogen-bond donors (Lipinski definition) is 0. The molecule has 0 saturated heterocycles. The Hall–Kier alpha value is -1.57. The molecule has 1 aliphatic rings. The molecule has 0 amide bonds. The monoisotopic (exact) mass is 244 g/mol. The van der Waals surface area contributed by atoms with Gasteiger partial charge in [0.1, 0.15) is 0 Å². The van der Waals surface area contributed by atoms with Crippen molar-refractivity contribution in [2.75, 3.05) is 6.61 Å². The lowest BCUT2D eigenvalue weighted by Gasteiger charge is -2.31. The molecule has 1 aromatic carbocycles. The van der Waals surface area contributed by atoms with Crippen LogP contribution in [0.5, 0.6) is 0 Å². The van der Waals surface area contributed by atoms with Crippen LogP contribution >= 0.6 is 0 Å². The van der Waals surface area contributed by atoms with Crippen molar-refractivity contribution in [3.8, 4) is 0 Å². The van der Waals surface area contributed by atoms with E-state index in [1.807, 2.05) is 13.0 Å². The lowest BCUT2D eigenvalue weighted by molar-refractivity contribution is -0.141. The van der Waals surface area contributed by atoms with E-state index in [0.29, 0.717) is 13.0 Å². The molecule has 0 unspecified atom stereocenters. The average Bonchev–Trinajstić information content (AvgIpc) is 2.34. The normalized spacial score (nSPS) is 16.7. The summed E-state index contributed by atoms with van der Waals surface area (Å²) in [5.74, 6) is -0.141. The fourth-order valence-electron chi connectivity index (χ4n) is 2.49. The van der Waals surface area contributed by atoms with Crippen LogP contribution in [0.25, 0.3) is 5.57 Å². The molecule has 0 aromatic heterocycles. The van der Waals surface area contributed by atoms with E-state index in [0.717, 1.165) is 12.0 Å². The quantitative estimate of drug-likeness (QED) is 0.758. The fraction of sp³-hybridized carbons (Fsp3) is 0.438.